The first kappa shape index (κ1) is 9.92. The molecular formula is C9H9BrN2O. The van der Waals surface area contributed by atoms with E-state index in [0.717, 1.165) is 4.60 Å². The van der Waals surface area contributed by atoms with Crippen LogP contribution >= 0.6 is 15.9 Å². The van der Waals surface area contributed by atoms with Crippen LogP contribution in [0.3, 0.4) is 0 Å². The number of carbonyl (C=O) groups is 1. The molecule has 1 heterocycles. The summed E-state index contributed by atoms with van der Waals surface area (Å²) >= 11 is 3.20. The van der Waals surface area contributed by atoms with Crippen LogP contribution in [0.15, 0.2) is 35.1 Å². The molecule has 3 nitrogen and oxygen atoms in total. The van der Waals surface area contributed by atoms with Gasteiger partial charge in [-0.3, -0.25) is 4.79 Å². The van der Waals surface area contributed by atoms with Gasteiger partial charge in [-0.05, 0) is 41.1 Å². The third-order valence-corrected chi connectivity index (χ3v) is 1.78. The second kappa shape index (κ2) is 4.77. The molecule has 1 amide bonds. The molecule has 0 bridgehead atoms. The van der Waals surface area contributed by atoms with Gasteiger partial charge in [0.2, 0.25) is 5.91 Å². The van der Waals surface area contributed by atoms with Crippen molar-refractivity contribution in [3.63, 3.8) is 0 Å². The number of anilines is 1. The van der Waals surface area contributed by atoms with E-state index in [1.165, 1.54) is 6.08 Å². The monoisotopic (exact) mass is 240 g/mol. The molecule has 68 valence electrons. The average molecular weight is 241 g/mol. The van der Waals surface area contributed by atoms with E-state index in [2.05, 4.69) is 26.2 Å². The summed E-state index contributed by atoms with van der Waals surface area (Å²) in [6.07, 6.45) is 4.73. The molecule has 0 unspecified atom stereocenters. The van der Waals surface area contributed by atoms with Gasteiger partial charge in [-0.15, -0.1) is 0 Å². The van der Waals surface area contributed by atoms with Gasteiger partial charge in [0.05, 0.1) is 11.9 Å². The van der Waals surface area contributed by atoms with E-state index >= 15 is 0 Å². The van der Waals surface area contributed by atoms with Gasteiger partial charge in [-0.2, -0.15) is 0 Å². The number of hydrogen-bond donors (Lipinski definition) is 1. The number of hydrogen-bond acceptors (Lipinski definition) is 2. The first-order chi connectivity index (χ1) is 6.22. The molecule has 0 saturated carbocycles. The molecule has 0 spiro atoms. The van der Waals surface area contributed by atoms with Gasteiger partial charge in [-0.1, -0.05) is 6.08 Å². The highest BCUT2D eigenvalue weighted by Gasteiger charge is 1.96. The Kier molecular flexibility index (Phi) is 3.64. The number of pyridine rings is 1. The number of nitrogens with one attached hydrogen (secondary N) is 1. The average Bonchev–Trinajstić information content (AvgIpc) is 2.09. The smallest absolute Gasteiger partial charge is 0.248 e. The van der Waals surface area contributed by atoms with E-state index in [-0.39, 0.29) is 5.91 Å². The molecule has 0 saturated heterocycles. The van der Waals surface area contributed by atoms with Crippen molar-refractivity contribution < 1.29 is 4.79 Å². The number of allylic oxidation sites excluding steroid dienone is 1. The molecule has 0 aliphatic heterocycles. The zero-order valence-corrected chi connectivity index (χ0v) is 8.71. The first-order valence-corrected chi connectivity index (χ1v) is 4.57. The lowest BCUT2D eigenvalue weighted by atomic mass is 10.4. The fourth-order valence-electron chi connectivity index (χ4n) is 0.785. The first-order valence-electron chi connectivity index (χ1n) is 3.77. The Balaban J connectivity index is 2.64. The lowest BCUT2D eigenvalue weighted by molar-refractivity contribution is -0.111. The summed E-state index contributed by atoms with van der Waals surface area (Å²) in [5.74, 6) is -0.147. The van der Waals surface area contributed by atoms with Crippen LogP contribution in [0.25, 0.3) is 0 Å². The molecule has 0 atom stereocenters. The molecule has 0 fully saturated rings. The molecule has 13 heavy (non-hydrogen) atoms. The van der Waals surface area contributed by atoms with Crippen LogP contribution in [0.2, 0.25) is 0 Å². The summed E-state index contributed by atoms with van der Waals surface area (Å²) in [7, 11) is 0. The zero-order chi connectivity index (χ0) is 9.68. The normalized spacial score (nSPS) is 10.3. The second-order valence-corrected chi connectivity index (χ2v) is 3.17. The van der Waals surface area contributed by atoms with Gasteiger partial charge in [0.25, 0.3) is 0 Å². The molecule has 1 aromatic heterocycles. The van der Waals surface area contributed by atoms with Gasteiger partial charge in [0.1, 0.15) is 4.60 Å². The predicted octanol–water partition coefficient (Wildman–Crippen LogP) is 2.36. The molecule has 1 N–H and O–H groups in total. The minimum atomic E-state index is -0.147. The third kappa shape index (κ3) is 3.38. The van der Waals surface area contributed by atoms with Crippen molar-refractivity contribution in [3.05, 3.63) is 35.1 Å². The Morgan fingerprint density at radius 3 is 2.92 bits per heavy atom. The molecule has 1 aromatic rings. The standard InChI is InChI=1S/C9H9BrN2O/c1-2-3-9(13)12-7-4-5-8(10)11-6-7/h2-6H,1H3,(H,12,13)/b3-2-. The fourth-order valence-corrected chi connectivity index (χ4v) is 1.02. The summed E-state index contributed by atoms with van der Waals surface area (Å²) in [6, 6.07) is 3.55. The van der Waals surface area contributed by atoms with Gasteiger partial charge in [0.15, 0.2) is 0 Å². The highest BCUT2D eigenvalue weighted by Crippen LogP contribution is 2.09. The summed E-state index contributed by atoms with van der Waals surface area (Å²) < 4.78 is 0.747. The summed E-state index contributed by atoms with van der Waals surface area (Å²) in [5, 5.41) is 2.66. The van der Waals surface area contributed by atoms with Crippen LogP contribution in [0, 0.1) is 0 Å². The van der Waals surface area contributed by atoms with Crippen molar-refractivity contribution >= 4 is 27.5 Å². The van der Waals surface area contributed by atoms with E-state index < -0.39 is 0 Å². The van der Waals surface area contributed by atoms with Crippen LogP contribution in [0.5, 0.6) is 0 Å². The maximum atomic E-state index is 11.1. The van der Waals surface area contributed by atoms with E-state index in [1.54, 1.807) is 31.3 Å². The number of rotatable bonds is 2. The third-order valence-electron chi connectivity index (χ3n) is 1.31. The Bertz CT molecular complexity index is 319. The van der Waals surface area contributed by atoms with Crippen LogP contribution in [-0.2, 0) is 4.79 Å². The van der Waals surface area contributed by atoms with Crippen molar-refractivity contribution in [2.45, 2.75) is 6.92 Å². The largest absolute Gasteiger partial charge is 0.321 e. The summed E-state index contributed by atoms with van der Waals surface area (Å²) in [6.45, 7) is 1.79. The van der Waals surface area contributed by atoms with Gasteiger partial charge in [0, 0.05) is 0 Å². The van der Waals surface area contributed by atoms with Crippen LogP contribution in [0.4, 0.5) is 5.69 Å². The summed E-state index contributed by atoms with van der Waals surface area (Å²) in [4.78, 5) is 15.0. The molecule has 0 aliphatic rings. The molecule has 0 aliphatic carbocycles. The van der Waals surface area contributed by atoms with Gasteiger partial charge in [-0.25, -0.2) is 4.98 Å². The molecule has 0 radical (unpaired) electrons. The number of aromatic nitrogens is 1. The SMILES string of the molecule is C/C=C\C(=O)Nc1ccc(Br)nc1. The Morgan fingerprint density at radius 1 is 1.62 bits per heavy atom. The number of halogens is 1. The van der Waals surface area contributed by atoms with Crippen molar-refractivity contribution in [1.29, 1.82) is 0 Å². The van der Waals surface area contributed by atoms with Gasteiger partial charge < -0.3 is 5.32 Å². The van der Waals surface area contributed by atoms with E-state index in [1.807, 2.05) is 0 Å². The zero-order valence-electron chi connectivity index (χ0n) is 7.12. The molecule has 0 aromatic carbocycles. The van der Waals surface area contributed by atoms with Crippen LogP contribution in [0.1, 0.15) is 6.92 Å². The minimum absolute atomic E-state index is 0.147. The quantitative estimate of drug-likeness (QED) is 0.637. The van der Waals surface area contributed by atoms with Crippen molar-refractivity contribution in [1.82, 2.24) is 4.98 Å². The highest BCUT2D eigenvalue weighted by atomic mass is 79.9. The maximum Gasteiger partial charge on any atom is 0.248 e. The molecular weight excluding hydrogens is 232 g/mol. The lowest BCUT2D eigenvalue weighted by Gasteiger charge is -2.00. The molecule has 1 rings (SSSR count). The molecule has 4 heteroatoms. The van der Waals surface area contributed by atoms with E-state index in [4.69, 9.17) is 0 Å². The topological polar surface area (TPSA) is 42.0 Å². The van der Waals surface area contributed by atoms with Crippen molar-refractivity contribution in [3.8, 4) is 0 Å². The van der Waals surface area contributed by atoms with Crippen LogP contribution < -0.4 is 5.32 Å². The van der Waals surface area contributed by atoms with E-state index in [9.17, 15) is 4.79 Å². The van der Waals surface area contributed by atoms with Crippen molar-refractivity contribution in [2.75, 3.05) is 5.32 Å². The Labute approximate surface area is 85.0 Å². The maximum absolute atomic E-state index is 11.1. The lowest BCUT2D eigenvalue weighted by Crippen LogP contribution is -2.07. The fraction of sp³-hybridized carbons (Fsp3) is 0.111. The Hall–Kier alpha value is -1.16. The summed E-state index contributed by atoms with van der Waals surface area (Å²) in [5.41, 5.74) is 0.686. The Morgan fingerprint density at radius 2 is 2.38 bits per heavy atom. The number of amides is 1. The van der Waals surface area contributed by atoms with Crippen LogP contribution in [-0.4, -0.2) is 10.9 Å². The van der Waals surface area contributed by atoms with E-state index in [0.29, 0.717) is 5.69 Å². The van der Waals surface area contributed by atoms with Gasteiger partial charge >= 0.3 is 0 Å². The predicted molar refractivity (Wildman–Crippen MR) is 55.4 cm³/mol. The minimum Gasteiger partial charge on any atom is -0.321 e. The highest BCUT2D eigenvalue weighted by molar-refractivity contribution is 9.10. The number of carbonyl (C=O) groups excluding carboxylic acids is 1. The van der Waals surface area contributed by atoms with Crippen molar-refractivity contribution in [2.24, 2.45) is 0 Å². The number of nitrogens with zero attached hydrogens (tertiary/aromatic N) is 1. The second-order valence-electron chi connectivity index (χ2n) is 2.36.